The number of nitrogens with zero attached hydrogens (tertiary/aromatic N) is 4. The average Bonchev–Trinajstić information content (AvgIpc) is 3.08. The maximum atomic E-state index is 9.82. The SMILES string of the molecule is Cc1nnc([C@@H](C)Sc2n[nH]c(-c3ccccc3O)n2)s1. The molecule has 0 amide bonds. The van der Waals surface area contributed by atoms with Gasteiger partial charge in [-0.1, -0.05) is 23.9 Å². The van der Waals surface area contributed by atoms with E-state index in [0.29, 0.717) is 16.5 Å². The van der Waals surface area contributed by atoms with Gasteiger partial charge in [-0.3, -0.25) is 5.10 Å². The lowest BCUT2D eigenvalue weighted by molar-refractivity contribution is 0.477. The summed E-state index contributed by atoms with van der Waals surface area (Å²) in [6.07, 6.45) is 0. The van der Waals surface area contributed by atoms with E-state index in [2.05, 4.69) is 25.4 Å². The summed E-state index contributed by atoms with van der Waals surface area (Å²) in [4.78, 5) is 4.41. The third-order valence-corrected chi connectivity index (χ3v) is 4.94. The quantitative estimate of drug-likeness (QED) is 0.718. The Morgan fingerprint density at radius 3 is 2.81 bits per heavy atom. The van der Waals surface area contributed by atoms with Gasteiger partial charge in [-0.2, -0.15) is 0 Å². The zero-order valence-electron chi connectivity index (χ0n) is 11.4. The summed E-state index contributed by atoms with van der Waals surface area (Å²) >= 11 is 3.08. The fourth-order valence-corrected chi connectivity index (χ4v) is 3.41. The van der Waals surface area contributed by atoms with Gasteiger partial charge in [0.2, 0.25) is 5.16 Å². The van der Waals surface area contributed by atoms with Gasteiger partial charge in [0.05, 0.1) is 10.8 Å². The van der Waals surface area contributed by atoms with Crippen molar-refractivity contribution < 1.29 is 5.11 Å². The first-order chi connectivity index (χ1) is 10.1. The predicted molar refractivity (Wildman–Crippen MR) is 82.4 cm³/mol. The highest BCUT2D eigenvalue weighted by Gasteiger charge is 2.16. The summed E-state index contributed by atoms with van der Waals surface area (Å²) in [5.74, 6) is 0.731. The molecule has 3 aromatic rings. The number of benzene rings is 1. The van der Waals surface area contributed by atoms with Crippen molar-refractivity contribution in [3.63, 3.8) is 0 Å². The van der Waals surface area contributed by atoms with Crippen molar-refractivity contribution in [1.82, 2.24) is 25.4 Å². The maximum Gasteiger partial charge on any atom is 0.209 e. The second-order valence-corrected chi connectivity index (χ2v) is 6.92. The Balaban J connectivity index is 1.78. The van der Waals surface area contributed by atoms with E-state index in [0.717, 1.165) is 10.0 Å². The van der Waals surface area contributed by atoms with Crippen LogP contribution in [0, 0.1) is 6.92 Å². The third kappa shape index (κ3) is 3.06. The first-order valence-corrected chi connectivity index (χ1v) is 8.00. The predicted octanol–water partition coefficient (Wildman–Crippen LogP) is 3.19. The van der Waals surface area contributed by atoms with Crippen molar-refractivity contribution in [2.75, 3.05) is 0 Å². The van der Waals surface area contributed by atoms with E-state index in [1.807, 2.05) is 19.9 Å². The number of aryl methyl sites for hydroxylation is 1. The van der Waals surface area contributed by atoms with Gasteiger partial charge in [0, 0.05) is 0 Å². The minimum absolute atomic E-state index is 0.129. The number of thioether (sulfide) groups is 1. The lowest BCUT2D eigenvalue weighted by Crippen LogP contribution is -1.88. The van der Waals surface area contributed by atoms with Crippen LogP contribution in [0.15, 0.2) is 29.4 Å². The van der Waals surface area contributed by atoms with Crippen LogP contribution in [0.3, 0.4) is 0 Å². The lowest BCUT2D eigenvalue weighted by Gasteiger charge is -2.02. The van der Waals surface area contributed by atoms with E-state index in [-0.39, 0.29) is 11.0 Å². The summed E-state index contributed by atoms with van der Waals surface area (Å²) in [5.41, 5.74) is 0.635. The number of rotatable bonds is 4. The molecule has 3 rings (SSSR count). The Kier molecular flexibility index (Phi) is 3.89. The number of aromatic hydroxyl groups is 1. The Morgan fingerprint density at radius 2 is 2.10 bits per heavy atom. The molecule has 0 aliphatic rings. The largest absolute Gasteiger partial charge is 0.507 e. The molecule has 0 bridgehead atoms. The van der Waals surface area contributed by atoms with E-state index < -0.39 is 0 Å². The molecule has 8 heteroatoms. The van der Waals surface area contributed by atoms with Crippen molar-refractivity contribution in [3.05, 3.63) is 34.3 Å². The average molecular weight is 319 g/mol. The molecule has 108 valence electrons. The highest BCUT2D eigenvalue weighted by molar-refractivity contribution is 7.99. The molecule has 0 unspecified atom stereocenters. The van der Waals surface area contributed by atoms with Crippen molar-refractivity contribution in [2.45, 2.75) is 24.3 Å². The standard InChI is InChI=1S/C13H13N5OS2/c1-7(12-17-15-8(2)21-12)20-13-14-11(16-18-13)9-5-3-4-6-10(9)19/h3-7,19H,1-2H3,(H,14,16,18)/t7-/m1/s1. The van der Waals surface area contributed by atoms with Gasteiger partial charge in [0.1, 0.15) is 15.8 Å². The van der Waals surface area contributed by atoms with Gasteiger partial charge in [-0.15, -0.1) is 26.6 Å². The molecular formula is C13H13N5OS2. The van der Waals surface area contributed by atoms with E-state index in [1.54, 1.807) is 29.5 Å². The van der Waals surface area contributed by atoms with Crippen molar-refractivity contribution in [1.29, 1.82) is 0 Å². The van der Waals surface area contributed by atoms with Crippen molar-refractivity contribution in [2.24, 2.45) is 0 Å². The molecule has 6 nitrogen and oxygen atoms in total. The number of phenols is 1. The Hall–Kier alpha value is -1.93. The fraction of sp³-hybridized carbons (Fsp3) is 0.231. The first-order valence-electron chi connectivity index (χ1n) is 6.31. The van der Waals surface area contributed by atoms with Gasteiger partial charge in [-0.05, 0) is 26.0 Å². The minimum atomic E-state index is 0.129. The van der Waals surface area contributed by atoms with E-state index in [4.69, 9.17) is 0 Å². The van der Waals surface area contributed by atoms with Crippen molar-refractivity contribution in [3.8, 4) is 17.1 Å². The zero-order chi connectivity index (χ0) is 14.8. The summed E-state index contributed by atoms with van der Waals surface area (Å²) in [5, 5.41) is 27.6. The van der Waals surface area contributed by atoms with E-state index in [9.17, 15) is 5.11 Å². The lowest BCUT2D eigenvalue weighted by atomic mass is 10.2. The summed E-state index contributed by atoms with van der Waals surface area (Å²) in [7, 11) is 0. The van der Waals surface area contributed by atoms with Gasteiger partial charge in [-0.25, -0.2) is 4.98 Å². The van der Waals surface area contributed by atoms with E-state index in [1.165, 1.54) is 11.8 Å². The van der Waals surface area contributed by atoms with Gasteiger partial charge >= 0.3 is 0 Å². The van der Waals surface area contributed by atoms with Crippen LogP contribution < -0.4 is 0 Å². The fourth-order valence-electron chi connectivity index (χ4n) is 1.78. The van der Waals surface area contributed by atoms with Crippen LogP contribution in [0.4, 0.5) is 0 Å². The van der Waals surface area contributed by atoms with Gasteiger partial charge in [0.25, 0.3) is 0 Å². The summed E-state index contributed by atoms with van der Waals surface area (Å²) < 4.78 is 0. The monoisotopic (exact) mass is 319 g/mol. The molecule has 0 radical (unpaired) electrons. The highest BCUT2D eigenvalue weighted by Crippen LogP contribution is 2.35. The second-order valence-electron chi connectivity index (χ2n) is 4.40. The molecular weight excluding hydrogens is 306 g/mol. The Bertz CT molecular complexity index is 754. The molecule has 0 fully saturated rings. The molecule has 1 atom stereocenters. The summed E-state index contributed by atoms with van der Waals surface area (Å²) in [6.45, 7) is 3.97. The molecule has 2 N–H and O–H groups in total. The molecule has 0 spiro atoms. The maximum absolute atomic E-state index is 9.82. The number of hydrogen-bond acceptors (Lipinski definition) is 7. The smallest absolute Gasteiger partial charge is 0.209 e. The van der Waals surface area contributed by atoms with Crippen LogP contribution in [0.5, 0.6) is 5.75 Å². The summed E-state index contributed by atoms with van der Waals surface area (Å²) in [6, 6.07) is 7.03. The molecule has 0 saturated carbocycles. The Labute approximate surface area is 129 Å². The topological polar surface area (TPSA) is 87.6 Å². The number of hydrogen-bond donors (Lipinski definition) is 2. The highest BCUT2D eigenvalue weighted by atomic mass is 32.2. The number of aromatic amines is 1. The third-order valence-electron chi connectivity index (χ3n) is 2.80. The number of phenolic OH excluding ortho intramolecular Hbond substituents is 1. The molecule has 0 aliphatic carbocycles. The number of nitrogens with one attached hydrogen (secondary N) is 1. The van der Waals surface area contributed by atoms with Crippen LogP contribution in [0.25, 0.3) is 11.4 Å². The zero-order valence-corrected chi connectivity index (χ0v) is 13.1. The minimum Gasteiger partial charge on any atom is -0.507 e. The number of aromatic nitrogens is 5. The second kappa shape index (κ2) is 5.82. The molecule has 21 heavy (non-hydrogen) atoms. The molecule has 2 aromatic heterocycles. The van der Waals surface area contributed by atoms with E-state index >= 15 is 0 Å². The molecule has 2 heterocycles. The first kappa shape index (κ1) is 14.0. The van der Waals surface area contributed by atoms with Crippen LogP contribution in [-0.4, -0.2) is 30.5 Å². The molecule has 0 aliphatic heterocycles. The number of para-hydroxylation sites is 1. The van der Waals surface area contributed by atoms with Crippen LogP contribution in [0.2, 0.25) is 0 Å². The molecule has 0 saturated heterocycles. The van der Waals surface area contributed by atoms with Crippen molar-refractivity contribution >= 4 is 23.1 Å². The van der Waals surface area contributed by atoms with Crippen LogP contribution >= 0.6 is 23.1 Å². The van der Waals surface area contributed by atoms with Crippen LogP contribution in [0.1, 0.15) is 22.2 Å². The van der Waals surface area contributed by atoms with Gasteiger partial charge in [0.15, 0.2) is 5.82 Å². The van der Waals surface area contributed by atoms with Crippen LogP contribution in [-0.2, 0) is 0 Å². The number of H-pyrrole nitrogens is 1. The normalized spacial score (nSPS) is 12.5. The Morgan fingerprint density at radius 1 is 1.29 bits per heavy atom. The molecule has 1 aromatic carbocycles. The van der Waals surface area contributed by atoms with Gasteiger partial charge < -0.3 is 5.11 Å².